The van der Waals surface area contributed by atoms with Gasteiger partial charge in [-0.1, -0.05) is 0 Å². The van der Waals surface area contributed by atoms with Gasteiger partial charge in [0, 0.05) is 5.83 Å². The minimum atomic E-state index is -4.85. The van der Waals surface area contributed by atoms with Gasteiger partial charge in [0.05, 0.1) is 0 Å². The number of alkyl halides is 3. The maximum Gasteiger partial charge on any atom is 1.00 e. The summed E-state index contributed by atoms with van der Waals surface area (Å²) in [6, 6.07) is 0. The molecule has 0 aromatic carbocycles. The van der Waals surface area contributed by atoms with Crippen LogP contribution in [0.15, 0.2) is 5.83 Å². The molecule has 0 nitrogen and oxygen atoms in total. The van der Waals surface area contributed by atoms with Crippen molar-refractivity contribution in [2.45, 2.75) is 13.1 Å². The normalized spacial score (nSPS) is 12.8. The van der Waals surface area contributed by atoms with Crippen LogP contribution in [-0.4, -0.2) is 6.18 Å². The molecular weight excluding hydrogens is 232 g/mol. The Hall–Kier alpha value is 0.200. The van der Waals surface area contributed by atoms with E-state index in [9.17, 15) is 17.6 Å². The molecule has 0 atom stereocenters. The summed E-state index contributed by atoms with van der Waals surface area (Å²) in [4.78, 5) is 0. The van der Waals surface area contributed by atoms with E-state index in [0.29, 0.717) is 0 Å². The Morgan fingerprint density at radius 3 is 1.67 bits per heavy atom. The Balaban J connectivity index is 0. The Morgan fingerprint density at radius 2 is 1.67 bits per heavy atom. The monoisotopic (exact) mass is 234 g/mol. The van der Waals surface area contributed by atoms with Crippen molar-refractivity contribution in [1.29, 1.82) is 0 Å². The van der Waals surface area contributed by atoms with Gasteiger partial charge in [0.25, 0.3) is 0 Å². The van der Waals surface area contributed by atoms with Crippen molar-refractivity contribution in [2.75, 3.05) is 0 Å². The van der Waals surface area contributed by atoms with Gasteiger partial charge < -0.3 is 6.08 Å². The number of allylic oxidation sites excluding steroid dienone is 2. The molecule has 0 aliphatic heterocycles. The third-order valence-corrected chi connectivity index (χ3v) is 0.468. The van der Waals surface area contributed by atoms with Crippen LogP contribution in [0.25, 0.3) is 0 Å². The minimum Gasteiger partial charge on any atom is -0.457 e. The minimum absolute atomic E-state index is 0. The fourth-order valence-corrected chi connectivity index (χ4v) is 0.142. The first kappa shape index (κ1) is 11.9. The largest absolute Gasteiger partial charge is 1.00 e. The zero-order chi connectivity index (χ0) is 6.78. The van der Waals surface area contributed by atoms with Crippen molar-refractivity contribution in [1.82, 2.24) is 0 Å². The molecule has 0 aromatic heterocycles. The van der Waals surface area contributed by atoms with Gasteiger partial charge in [0.1, 0.15) is 0 Å². The van der Waals surface area contributed by atoms with Crippen LogP contribution in [0.3, 0.4) is 0 Å². The Bertz CT molecular complexity index is 104. The number of hydrogen-bond acceptors (Lipinski definition) is 0. The van der Waals surface area contributed by atoms with E-state index in [0.717, 1.165) is 6.92 Å². The van der Waals surface area contributed by atoms with E-state index in [2.05, 4.69) is 0 Å². The van der Waals surface area contributed by atoms with Crippen molar-refractivity contribution in [3.63, 3.8) is 0 Å². The zero-order valence-electron chi connectivity index (χ0n) is 4.31. The second-order valence-electron chi connectivity index (χ2n) is 1.06. The molecule has 0 radical (unpaired) electrons. The first-order valence-corrected chi connectivity index (χ1v) is 1.76. The molecule has 0 amide bonds. The average molecular weight is 235 g/mol. The van der Waals surface area contributed by atoms with Gasteiger partial charge in [-0.25, -0.2) is 4.39 Å². The summed E-state index contributed by atoms with van der Waals surface area (Å²) in [5.74, 6) is -2.17. The summed E-state index contributed by atoms with van der Waals surface area (Å²) in [5, 5.41) is 0. The van der Waals surface area contributed by atoms with E-state index in [1.165, 1.54) is 6.08 Å². The first-order valence-electron chi connectivity index (χ1n) is 1.76. The van der Waals surface area contributed by atoms with Crippen LogP contribution in [0.1, 0.15) is 6.92 Å². The fraction of sp³-hybridized carbons (Fsp3) is 0.500. The maximum absolute atomic E-state index is 11.3. The molecule has 5 heteroatoms. The molecule has 0 bridgehead atoms. The summed E-state index contributed by atoms with van der Waals surface area (Å²) < 4.78 is 44.2. The van der Waals surface area contributed by atoms with Crippen LogP contribution in [0, 0.1) is 6.08 Å². The van der Waals surface area contributed by atoms with Crippen LogP contribution >= 0.6 is 0 Å². The van der Waals surface area contributed by atoms with E-state index in [-0.39, 0.29) is 22.4 Å². The average Bonchev–Trinajstić information content (AvgIpc) is 1.62. The molecule has 0 spiro atoms. The number of hydrogen-bond donors (Lipinski definition) is 0. The third kappa shape index (κ3) is 4.69. The number of rotatable bonds is 0. The zero-order valence-corrected chi connectivity index (χ0v) is 5.80. The Morgan fingerprint density at radius 1 is 1.33 bits per heavy atom. The van der Waals surface area contributed by atoms with Crippen molar-refractivity contribution in [3.8, 4) is 0 Å². The molecule has 9 heavy (non-hydrogen) atoms. The molecule has 0 aliphatic carbocycles. The first-order chi connectivity index (χ1) is 3.48. The quantitative estimate of drug-likeness (QED) is 0.343. The van der Waals surface area contributed by atoms with Gasteiger partial charge in [-0.05, 0) is 0 Å². The van der Waals surface area contributed by atoms with Gasteiger partial charge in [0.2, 0.25) is 0 Å². The molecular formula is C4H3AgF4. The molecule has 0 aromatic rings. The smallest absolute Gasteiger partial charge is 0.457 e. The SMILES string of the molecule is C[C-]=C(F)C(F)(F)F.[Ag+]. The van der Waals surface area contributed by atoms with Crippen LogP contribution < -0.4 is 0 Å². The van der Waals surface area contributed by atoms with Crippen molar-refractivity contribution in [2.24, 2.45) is 0 Å². The van der Waals surface area contributed by atoms with E-state index < -0.39 is 12.0 Å². The molecule has 0 unspecified atom stereocenters. The standard InChI is InChI=1S/C4H3F4.Ag/c1-2-3(5)4(6,7)8;/h1H3;/q-1;+1. The molecule has 0 heterocycles. The topological polar surface area (TPSA) is 0 Å². The van der Waals surface area contributed by atoms with Crippen molar-refractivity contribution in [3.05, 3.63) is 11.9 Å². The van der Waals surface area contributed by atoms with E-state index >= 15 is 0 Å². The molecule has 0 saturated heterocycles. The summed E-state index contributed by atoms with van der Waals surface area (Å²) in [5.41, 5.74) is 0. The van der Waals surface area contributed by atoms with Crippen LogP contribution in [0.4, 0.5) is 17.6 Å². The summed E-state index contributed by atoms with van der Waals surface area (Å²) >= 11 is 0. The Labute approximate surface area is 65.4 Å². The summed E-state index contributed by atoms with van der Waals surface area (Å²) in [6.07, 6.45) is -3.52. The number of halogens is 4. The van der Waals surface area contributed by atoms with Crippen molar-refractivity contribution >= 4 is 0 Å². The maximum atomic E-state index is 11.3. The molecule has 0 rings (SSSR count). The van der Waals surface area contributed by atoms with Gasteiger partial charge in [-0.15, -0.1) is 0 Å². The van der Waals surface area contributed by atoms with E-state index in [4.69, 9.17) is 0 Å². The van der Waals surface area contributed by atoms with Gasteiger partial charge in [-0.3, -0.25) is 0 Å². The second kappa shape index (κ2) is 4.09. The van der Waals surface area contributed by atoms with Crippen LogP contribution in [0.2, 0.25) is 0 Å². The molecule has 0 fully saturated rings. The van der Waals surface area contributed by atoms with E-state index in [1.54, 1.807) is 0 Å². The van der Waals surface area contributed by atoms with E-state index in [1.807, 2.05) is 0 Å². The molecule has 0 saturated carbocycles. The van der Waals surface area contributed by atoms with Gasteiger partial charge in [0.15, 0.2) is 0 Å². The fourth-order valence-electron chi connectivity index (χ4n) is 0.142. The molecule has 0 aliphatic rings. The molecule has 58 valence electrons. The van der Waals surface area contributed by atoms with Crippen LogP contribution in [0.5, 0.6) is 0 Å². The Kier molecular flexibility index (Phi) is 5.42. The summed E-state index contributed by atoms with van der Waals surface area (Å²) in [6.45, 7) is 0.864. The second-order valence-corrected chi connectivity index (χ2v) is 1.06. The van der Waals surface area contributed by atoms with Crippen molar-refractivity contribution < 1.29 is 39.9 Å². The predicted octanol–water partition coefficient (Wildman–Crippen LogP) is 2.22. The summed E-state index contributed by atoms with van der Waals surface area (Å²) in [7, 11) is 0. The molecule has 0 N–H and O–H groups in total. The van der Waals surface area contributed by atoms with Gasteiger partial charge >= 0.3 is 28.6 Å². The third-order valence-electron chi connectivity index (χ3n) is 0.468. The van der Waals surface area contributed by atoms with Gasteiger partial charge in [-0.2, -0.15) is 20.1 Å². The van der Waals surface area contributed by atoms with Crippen LogP contribution in [-0.2, 0) is 22.4 Å². The predicted molar refractivity (Wildman–Crippen MR) is 19.6 cm³/mol.